The predicted octanol–water partition coefficient (Wildman–Crippen LogP) is 4.06. The first-order valence-electron chi connectivity index (χ1n) is 7.67. The predicted molar refractivity (Wildman–Crippen MR) is 86.7 cm³/mol. The normalized spacial score (nSPS) is 13.4. The zero-order valence-corrected chi connectivity index (χ0v) is 12.9. The van der Waals surface area contributed by atoms with E-state index in [1.165, 1.54) is 4.90 Å². The van der Waals surface area contributed by atoms with Crippen molar-refractivity contribution in [3.63, 3.8) is 0 Å². The summed E-state index contributed by atoms with van der Waals surface area (Å²) in [6.45, 7) is 2.22. The maximum Gasteiger partial charge on any atom is 0.258 e. The minimum absolute atomic E-state index is 0.231. The summed E-state index contributed by atoms with van der Waals surface area (Å²) in [7, 11) is 0. The Bertz CT molecular complexity index is 773. The van der Waals surface area contributed by atoms with Crippen molar-refractivity contribution in [1.29, 1.82) is 5.26 Å². The Morgan fingerprint density at radius 3 is 2.57 bits per heavy atom. The van der Waals surface area contributed by atoms with Crippen molar-refractivity contribution in [2.24, 2.45) is 5.92 Å². The van der Waals surface area contributed by atoms with Crippen molar-refractivity contribution >= 4 is 11.6 Å². The van der Waals surface area contributed by atoms with Gasteiger partial charge < -0.3 is 4.90 Å². The van der Waals surface area contributed by atoms with E-state index in [1.807, 2.05) is 6.07 Å². The van der Waals surface area contributed by atoms with Crippen molar-refractivity contribution in [2.45, 2.75) is 19.8 Å². The van der Waals surface area contributed by atoms with E-state index in [1.54, 1.807) is 49.4 Å². The lowest BCUT2D eigenvalue weighted by molar-refractivity contribution is 0.0985. The molecule has 1 aliphatic carbocycles. The van der Waals surface area contributed by atoms with E-state index >= 15 is 0 Å². The summed E-state index contributed by atoms with van der Waals surface area (Å²) in [4.78, 5) is 14.4. The quantitative estimate of drug-likeness (QED) is 0.855. The number of hydrogen-bond donors (Lipinski definition) is 0. The second-order valence-corrected chi connectivity index (χ2v) is 5.96. The summed E-state index contributed by atoms with van der Waals surface area (Å²) in [6.07, 6.45) is 2.15. The largest absolute Gasteiger partial charge is 0.305 e. The lowest BCUT2D eigenvalue weighted by atomic mass is 10.1. The molecular weight excluding hydrogens is 291 g/mol. The number of hydrogen-bond acceptors (Lipinski definition) is 2. The number of carbonyl (C=O) groups is 1. The van der Waals surface area contributed by atoms with Crippen LogP contribution in [0, 0.1) is 30.0 Å². The molecule has 1 fully saturated rings. The Morgan fingerprint density at radius 1 is 1.26 bits per heavy atom. The van der Waals surface area contributed by atoms with E-state index in [9.17, 15) is 9.18 Å². The molecule has 1 aliphatic rings. The fourth-order valence-electron chi connectivity index (χ4n) is 2.53. The molecule has 0 unspecified atom stereocenters. The summed E-state index contributed by atoms with van der Waals surface area (Å²) < 4.78 is 14.5. The van der Waals surface area contributed by atoms with Crippen molar-refractivity contribution < 1.29 is 9.18 Å². The lowest BCUT2D eigenvalue weighted by Gasteiger charge is -2.24. The van der Waals surface area contributed by atoms with Crippen LogP contribution in [0.2, 0.25) is 0 Å². The highest BCUT2D eigenvalue weighted by Crippen LogP contribution is 2.33. The number of carbonyl (C=O) groups excluding carboxylic acids is 1. The molecule has 2 aromatic carbocycles. The van der Waals surface area contributed by atoms with Crippen molar-refractivity contribution in [3.8, 4) is 6.07 Å². The molecule has 23 heavy (non-hydrogen) atoms. The summed E-state index contributed by atoms with van der Waals surface area (Å²) >= 11 is 0. The molecule has 0 aliphatic heterocycles. The van der Waals surface area contributed by atoms with Gasteiger partial charge in [0.1, 0.15) is 5.82 Å². The highest BCUT2D eigenvalue weighted by atomic mass is 19.1. The molecule has 1 saturated carbocycles. The van der Waals surface area contributed by atoms with Crippen LogP contribution in [0.25, 0.3) is 0 Å². The highest BCUT2D eigenvalue weighted by molar-refractivity contribution is 6.06. The molecule has 0 heterocycles. The first-order chi connectivity index (χ1) is 11.1. The van der Waals surface area contributed by atoms with Gasteiger partial charge in [-0.15, -0.1) is 0 Å². The van der Waals surface area contributed by atoms with E-state index in [-0.39, 0.29) is 11.7 Å². The Morgan fingerprint density at radius 2 is 1.96 bits per heavy atom. The molecule has 116 valence electrons. The summed E-state index contributed by atoms with van der Waals surface area (Å²) in [5, 5.41) is 8.85. The maximum atomic E-state index is 14.5. The topological polar surface area (TPSA) is 44.1 Å². The standard InChI is InChI=1S/C19H17FN2O/c1-13-3-2-4-17(18(13)20)22(12-15-5-6-15)19(23)16-9-7-14(11-21)8-10-16/h2-4,7-10,15H,5-6,12H2,1H3. The monoisotopic (exact) mass is 308 g/mol. The van der Waals surface area contributed by atoms with Gasteiger partial charge in [-0.25, -0.2) is 4.39 Å². The molecule has 3 rings (SSSR count). The van der Waals surface area contributed by atoms with Crippen molar-refractivity contribution in [2.75, 3.05) is 11.4 Å². The van der Waals surface area contributed by atoms with Crippen LogP contribution in [-0.4, -0.2) is 12.5 Å². The molecule has 4 heteroatoms. The molecule has 0 N–H and O–H groups in total. The molecule has 2 aromatic rings. The van der Waals surface area contributed by atoms with Gasteiger partial charge in [-0.3, -0.25) is 4.79 Å². The molecule has 0 aromatic heterocycles. The third kappa shape index (κ3) is 3.24. The van der Waals surface area contributed by atoms with Crippen LogP contribution in [-0.2, 0) is 0 Å². The molecule has 0 radical (unpaired) electrons. The van der Waals surface area contributed by atoms with Gasteiger partial charge in [0.25, 0.3) is 5.91 Å². The molecule has 0 spiro atoms. The molecule has 1 amide bonds. The smallest absolute Gasteiger partial charge is 0.258 e. The average Bonchev–Trinajstić information content (AvgIpc) is 3.39. The second-order valence-electron chi connectivity index (χ2n) is 5.96. The minimum atomic E-state index is -0.352. The fourth-order valence-corrected chi connectivity index (χ4v) is 2.53. The minimum Gasteiger partial charge on any atom is -0.305 e. The highest BCUT2D eigenvalue weighted by Gasteiger charge is 2.29. The number of halogens is 1. The first kappa shape index (κ1) is 15.2. The van der Waals surface area contributed by atoms with Crippen LogP contribution in [0.1, 0.15) is 34.3 Å². The van der Waals surface area contributed by atoms with Crippen LogP contribution in [0.5, 0.6) is 0 Å². The van der Waals surface area contributed by atoms with Gasteiger partial charge in [-0.2, -0.15) is 5.26 Å². The SMILES string of the molecule is Cc1cccc(N(CC2CC2)C(=O)c2ccc(C#N)cc2)c1F. The van der Waals surface area contributed by atoms with E-state index < -0.39 is 0 Å². The summed E-state index contributed by atoms with van der Waals surface area (Å²) in [5.41, 5.74) is 1.81. The summed E-state index contributed by atoms with van der Waals surface area (Å²) in [6, 6.07) is 13.6. The van der Waals surface area contributed by atoms with Gasteiger partial charge in [-0.05, 0) is 61.6 Å². The van der Waals surface area contributed by atoms with E-state index in [0.717, 1.165) is 12.8 Å². The van der Waals surface area contributed by atoms with Gasteiger partial charge in [0, 0.05) is 12.1 Å². The van der Waals surface area contributed by atoms with Crippen LogP contribution in [0.15, 0.2) is 42.5 Å². The molecular formula is C19H17FN2O. The van der Waals surface area contributed by atoms with Crippen LogP contribution >= 0.6 is 0 Å². The van der Waals surface area contributed by atoms with Gasteiger partial charge in [-0.1, -0.05) is 12.1 Å². The molecule has 3 nitrogen and oxygen atoms in total. The number of benzene rings is 2. The number of nitrogens with zero attached hydrogens (tertiary/aromatic N) is 2. The van der Waals surface area contributed by atoms with Crippen LogP contribution in [0.3, 0.4) is 0 Å². The van der Waals surface area contributed by atoms with E-state index in [2.05, 4.69) is 0 Å². The number of anilines is 1. The van der Waals surface area contributed by atoms with Gasteiger partial charge >= 0.3 is 0 Å². The molecule has 0 atom stereocenters. The van der Waals surface area contributed by atoms with E-state index in [0.29, 0.717) is 34.8 Å². The van der Waals surface area contributed by atoms with E-state index in [4.69, 9.17) is 5.26 Å². The number of rotatable bonds is 4. The summed E-state index contributed by atoms with van der Waals surface area (Å²) in [5.74, 6) is -0.140. The Balaban J connectivity index is 1.96. The number of aryl methyl sites for hydroxylation is 1. The average molecular weight is 308 g/mol. The number of amides is 1. The Hall–Kier alpha value is -2.67. The maximum absolute atomic E-state index is 14.5. The molecule has 0 bridgehead atoms. The fraction of sp³-hybridized carbons (Fsp3) is 0.263. The third-order valence-electron chi connectivity index (χ3n) is 4.11. The van der Waals surface area contributed by atoms with Crippen LogP contribution in [0.4, 0.5) is 10.1 Å². The first-order valence-corrected chi connectivity index (χ1v) is 7.67. The zero-order chi connectivity index (χ0) is 16.4. The lowest BCUT2D eigenvalue weighted by Crippen LogP contribution is -2.33. The Kier molecular flexibility index (Phi) is 4.12. The zero-order valence-electron chi connectivity index (χ0n) is 12.9. The van der Waals surface area contributed by atoms with Crippen LogP contribution < -0.4 is 4.90 Å². The van der Waals surface area contributed by atoms with Gasteiger partial charge in [0.15, 0.2) is 0 Å². The number of nitriles is 1. The Labute approximate surface area is 135 Å². The van der Waals surface area contributed by atoms with Gasteiger partial charge in [0.2, 0.25) is 0 Å². The second kappa shape index (κ2) is 6.21. The molecule has 0 saturated heterocycles. The third-order valence-corrected chi connectivity index (χ3v) is 4.11. The van der Waals surface area contributed by atoms with Crippen molar-refractivity contribution in [1.82, 2.24) is 0 Å². The van der Waals surface area contributed by atoms with Gasteiger partial charge in [0.05, 0.1) is 17.3 Å². The van der Waals surface area contributed by atoms with Crippen molar-refractivity contribution in [3.05, 3.63) is 65.0 Å².